The zero-order valence-corrected chi connectivity index (χ0v) is 15.7. The van der Waals surface area contributed by atoms with Gasteiger partial charge in [0.15, 0.2) is 0 Å². The van der Waals surface area contributed by atoms with E-state index in [1.54, 1.807) is 0 Å². The number of nitrogens with zero attached hydrogens (tertiary/aromatic N) is 2. The van der Waals surface area contributed by atoms with Crippen LogP contribution in [0.4, 0.5) is 0 Å². The predicted molar refractivity (Wildman–Crippen MR) is 103 cm³/mol. The zero-order valence-electron chi connectivity index (χ0n) is 15.7. The van der Waals surface area contributed by atoms with Crippen LogP contribution < -0.4 is 4.74 Å². The number of piperidine rings is 2. The first-order valence-corrected chi connectivity index (χ1v) is 10.6. The first-order chi connectivity index (χ1) is 12.4. The number of rotatable bonds is 6. The van der Waals surface area contributed by atoms with Crippen LogP contribution in [0.25, 0.3) is 0 Å². The molecular formula is C22H34N2O. The Morgan fingerprint density at radius 1 is 0.920 bits per heavy atom. The fourth-order valence-corrected chi connectivity index (χ4v) is 4.99. The average molecular weight is 343 g/mol. The third-order valence-corrected chi connectivity index (χ3v) is 6.45. The summed E-state index contributed by atoms with van der Waals surface area (Å²) >= 11 is 0. The quantitative estimate of drug-likeness (QED) is 0.718. The van der Waals surface area contributed by atoms with Gasteiger partial charge in [-0.3, -0.25) is 4.90 Å². The first kappa shape index (κ1) is 17.4. The maximum atomic E-state index is 5.97. The summed E-state index contributed by atoms with van der Waals surface area (Å²) in [5.41, 5.74) is 1.51. The van der Waals surface area contributed by atoms with Gasteiger partial charge in [-0.2, -0.15) is 0 Å². The maximum absolute atomic E-state index is 5.97. The van der Waals surface area contributed by atoms with E-state index in [0.29, 0.717) is 0 Å². The van der Waals surface area contributed by atoms with Crippen LogP contribution in [0.1, 0.15) is 62.8 Å². The highest BCUT2D eigenvalue weighted by Crippen LogP contribution is 2.36. The van der Waals surface area contributed by atoms with E-state index in [0.717, 1.165) is 30.7 Å². The molecule has 3 heterocycles. The minimum absolute atomic E-state index is 0.733. The number of ether oxygens (including phenoxy) is 1. The Morgan fingerprint density at radius 3 is 2.52 bits per heavy atom. The molecule has 0 N–H and O–H groups in total. The molecule has 0 bridgehead atoms. The topological polar surface area (TPSA) is 15.7 Å². The van der Waals surface area contributed by atoms with Crippen LogP contribution in [0.2, 0.25) is 0 Å². The second-order valence-electron chi connectivity index (χ2n) is 8.25. The van der Waals surface area contributed by atoms with E-state index in [1.165, 1.54) is 83.2 Å². The molecule has 1 aromatic carbocycles. The second-order valence-corrected chi connectivity index (χ2v) is 8.25. The van der Waals surface area contributed by atoms with Crippen molar-refractivity contribution in [2.45, 2.75) is 63.3 Å². The molecular weight excluding hydrogens is 308 g/mol. The Morgan fingerprint density at radius 2 is 1.72 bits per heavy atom. The Kier molecular flexibility index (Phi) is 5.94. The van der Waals surface area contributed by atoms with E-state index < -0.39 is 0 Å². The molecule has 3 heteroatoms. The lowest BCUT2D eigenvalue weighted by Gasteiger charge is -2.28. The predicted octanol–water partition coefficient (Wildman–Crippen LogP) is 4.28. The van der Waals surface area contributed by atoms with Crippen molar-refractivity contribution in [2.75, 3.05) is 39.3 Å². The number of fused-ring (bicyclic) bond motifs is 1. The normalized spacial score (nSPS) is 28.0. The molecule has 3 nitrogen and oxygen atoms in total. The van der Waals surface area contributed by atoms with Crippen LogP contribution in [0.5, 0.6) is 5.75 Å². The molecule has 1 unspecified atom stereocenters. The summed E-state index contributed by atoms with van der Waals surface area (Å²) in [6.07, 6.45) is 10.9. The van der Waals surface area contributed by atoms with Crippen molar-refractivity contribution in [3.63, 3.8) is 0 Å². The SMILES string of the molecule is c1cc([C@H]2CC3CCCCN3C2)ccc1OCCCN1CCCCC1. The summed E-state index contributed by atoms with van der Waals surface area (Å²) in [5.74, 6) is 1.77. The molecule has 0 aliphatic carbocycles. The van der Waals surface area contributed by atoms with E-state index in [9.17, 15) is 0 Å². The van der Waals surface area contributed by atoms with Gasteiger partial charge in [0.1, 0.15) is 5.75 Å². The van der Waals surface area contributed by atoms with Gasteiger partial charge in [-0.25, -0.2) is 0 Å². The Labute approximate surface area is 153 Å². The third kappa shape index (κ3) is 4.57. The third-order valence-electron chi connectivity index (χ3n) is 6.45. The molecule has 3 aliphatic rings. The highest BCUT2D eigenvalue weighted by Gasteiger charge is 2.33. The fourth-order valence-electron chi connectivity index (χ4n) is 4.99. The molecule has 138 valence electrons. The largest absolute Gasteiger partial charge is 0.494 e. The standard InChI is InChI=1S/C22H34N2O/c1-3-12-23(13-4-1)14-6-16-25-22-10-8-19(9-11-22)20-17-21-7-2-5-15-24(21)18-20/h8-11,20-21H,1-7,12-18H2/t20-,21?/m0/s1. The number of hydrogen-bond donors (Lipinski definition) is 0. The molecule has 0 amide bonds. The minimum Gasteiger partial charge on any atom is -0.494 e. The summed E-state index contributed by atoms with van der Waals surface area (Å²) in [5, 5.41) is 0. The number of benzene rings is 1. The van der Waals surface area contributed by atoms with Crippen LogP contribution in [-0.2, 0) is 0 Å². The molecule has 4 rings (SSSR count). The van der Waals surface area contributed by atoms with Gasteiger partial charge in [0, 0.05) is 19.1 Å². The molecule has 0 aromatic heterocycles. The molecule has 3 fully saturated rings. The van der Waals surface area contributed by atoms with Crippen molar-refractivity contribution in [1.82, 2.24) is 9.80 Å². The Balaban J connectivity index is 1.20. The van der Waals surface area contributed by atoms with Crippen molar-refractivity contribution in [2.24, 2.45) is 0 Å². The molecule has 3 saturated heterocycles. The van der Waals surface area contributed by atoms with E-state index in [1.807, 2.05) is 0 Å². The molecule has 0 spiro atoms. The summed E-state index contributed by atoms with van der Waals surface area (Å²) in [6.45, 7) is 7.19. The van der Waals surface area contributed by atoms with E-state index in [2.05, 4.69) is 34.1 Å². The summed E-state index contributed by atoms with van der Waals surface area (Å²) in [6, 6.07) is 9.84. The van der Waals surface area contributed by atoms with E-state index >= 15 is 0 Å². The van der Waals surface area contributed by atoms with Crippen molar-refractivity contribution in [3.8, 4) is 5.75 Å². The van der Waals surface area contributed by atoms with Crippen molar-refractivity contribution in [3.05, 3.63) is 29.8 Å². The number of likely N-dealkylation sites (tertiary alicyclic amines) is 1. The van der Waals surface area contributed by atoms with Crippen LogP contribution in [0.3, 0.4) is 0 Å². The highest BCUT2D eigenvalue weighted by atomic mass is 16.5. The summed E-state index contributed by atoms with van der Waals surface area (Å²) < 4.78 is 5.97. The fraction of sp³-hybridized carbons (Fsp3) is 0.727. The Bertz CT molecular complexity index is 509. The minimum atomic E-state index is 0.733. The van der Waals surface area contributed by atoms with Crippen LogP contribution in [0.15, 0.2) is 24.3 Å². The van der Waals surface area contributed by atoms with Gasteiger partial charge in [-0.1, -0.05) is 25.0 Å². The monoisotopic (exact) mass is 342 g/mol. The van der Waals surface area contributed by atoms with Gasteiger partial charge < -0.3 is 9.64 Å². The molecule has 0 radical (unpaired) electrons. The van der Waals surface area contributed by atoms with E-state index in [-0.39, 0.29) is 0 Å². The summed E-state index contributed by atoms with van der Waals surface area (Å²) in [4.78, 5) is 5.31. The highest BCUT2D eigenvalue weighted by molar-refractivity contribution is 5.30. The van der Waals surface area contributed by atoms with Gasteiger partial charge in [-0.05, 0) is 81.8 Å². The number of hydrogen-bond acceptors (Lipinski definition) is 3. The van der Waals surface area contributed by atoms with Crippen LogP contribution in [0, 0.1) is 0 Å². The molecule has 3 aliphatic heterocycles. The van der Waals surface area contributed by atoms with E-state index in [4.69, 9.17) is 4.74 Å². The van der Waals surface area contributed by atoms with Gasteiger partial charge in [0.25, 0.3) is 0 Å². The molecule has 0 saturated carbocycles. The van der Waals surface area contributed by atoms with Crippen LogP contribution in [-0.4, -0.2) is 55.2 Å². The molecule has 1 aromatic rings. The molecule has 25 heavy (non-hydrogen) atoms. The zero-order chi connectivity index (χ0) is 16.9. The lowest BCUT2D eigenvalue weighted by atomic mass is 9.94. The second kappa shape index (κ2) is 8.55. The lowest BCUT2D eigenvalue weighted by Crippen LogP contribution is -2.33. The summed E-state index contributed by atoms with van der Waals surface area (Å²) in [7, 11) is 0. The molecule has 2 atom stereocenters. The van der Waals surface area contributed by atoms with Gasteiger partial charge in [-0.15, -0.1) is 0 Å². The van der Waals surface area contributed by atoms with Crippen molar-refractivity contribution >= 4 is 0 Å². The van der Waals surface area contributed by atoms with Crippen molar-refractivity contribution < 1.29 is 4.74 Å². The average Bonchev–Trinajstić information content (AvgIpc) is 3.11. The first-order valence-electron chi connectivity index (χ1n) is 10.6. The maximum Gasteiger partial charge on any atom is 0.119 e. The van der Waals surface area contributed by atoms with Gasteiger partial charge in [0.2, 0.25) is 0 Å². The Hall–Kier alpha value is -1.06. The van der Waals surface area contributed by atoms with Gasteiger partial charge >= 0.3 is 0 Å². The van der Waals surface area contributed by atoms with Crippen LogP contribution >= 0.6 is 0 Å². The smallest absolute Gasteiger partial charge is 0.119 e. The lowest BCUT2D eigenvalue weighted by molar-refractivity contribution is 0.197. The van der Waals surface area contributed by atoms with Gasteiger partial charge in [0.05, 0.1) is 6.61 Å². The van der Waals surface area contributed by atoms with Crippen molar-refractivity contribution in [1.29, 1.82) is 0 Å².